The highest BCUT2D eigenvalue weighted by atomic mass is 16.6. The highest BCUT2D eigenvalue weighted by molar-refractivity contribution is 6.32. The van der Waals surface area contributed by atoms with Gasteiger partial charge in [0.15, 0.2) is 0 Å². The predicted octanol–water partition coefficient (Wildman–Crippen LogP) is 2.39. The normalized spacial score (nSPS) is 10.2. The average molecular weight is 232 g/mol. The summed E-state index contributed by atoms with van der Waals surface area (Å²) < 4.78 is 5.20. The number of carbonyl (C=O) groups excluding carboxylic acids is 1. The highest BCUT2D eigenvalue weighted by Gasteiger charge is 2.16. The Morgan fingerprint density at radius 3 is 2.06 bits per heavy atom. The molecular weight excluding hydrogens is 211 g/mol. The van der Waals surface area contributed by atoms with Crippen LogP contribution in [0.15, 0.2) is 24.3 Å². The second kappa shape index (κ2) is 7.15. The zero-order chi connectivity index (χ0) is 13.5. The van der Waals surface area contributed by atoms with Crippen molar-refractivity contribution in [1.82, 2.24) is 0 Å². The fourth-order valence-electron chi connectivity index (χ4n) is 1.18. The van der Waals surface area contributed by atoms with Gasteiger partial charge in [0.25, 0.3) is 0 Å². The summed E-state index contributed by atoms with van der Waals surface area (Å²) in [5, 5.41) is 0. The zero-order valence-electron chi connectivity index (χ0n) is 11.4. The molecule has 0 heterocycles. The summed E-state index contributed by atoms with van der Waals surface area (Å²) in [5.41, 5.74) is 1.19. The van der Waals surface area contributed by atoms with Crippen molar-refractivity contribution in [2.75, 3.05) is 0 Å². The molecule has 0 N–H and O–H groups in total. The predicted molar refractivity (Wildman–Crippen MR) is 72.7 cm³/mol. The molecule has 3 heteroatoms. The Balaban J connectivity index is 0.00000121. The third-order valence-corrected chi connectivity index (χ3v) is 1.75. The van der Waals surface area contributed by atoms with Crippen LogP contribution in [-0.2, 0) is 16.0 Å². The quantitative estimate of drug-likeness (QED) is 0.578. The van der Waals surface area contributed by atoms with Crippen LogP contribution in [0.2, 0.25) is 0 Å². The van der Waals surface area contributed by atoms with Gasteiger partial charge in [0.2, 0.25) is 0 Å². The number of hydrogen-bond acceptors (Lipinski definition) is 2. The smallest absolute Gasteiger partial charge is 0.310 e. The molecule has 17 heavy (non-hydrogen) atoms. The van der Waals surface area contributed by atoms with Gasteiger partial charge < -0.3 is 4.74 Å². The monoisotopic (exact) mass is 232 g/mol. The molecule has 0 aliphatic rings. The lowest BCUT2D eigenvalue weighted by Gasteiger charge is -2.19. The molecule has 2 nitrogen and oxygen atoms in total. The fourth-order valence-corrected chi connectivity index (χ4v) is 1.18. The molecule has 0 atom stereocenters. The SMILES string of the molecule is CC.[B]c1ccc(CC(=O)OC(C)(C)C)cc1. The van der Waals surface area contributed by atoms with E-state index in [1.165, 1.54) is 0 Å². The summed E-state index contributed by atoms with van der Waals surface area (Å²) in [7, 11) is 5.54. The van der Waals surface area contributed by atoms with Crippen LogP contribution in [0.4, 0.5) is 0 Å². The number of carbonyl (C=O) groups is 1. The van der Waals surface area contributed by atoms with E-state index in [4.69, 9.17) is 12.6 Å². The van der Waals surface area contributed by atoms with E-state index < -0.39 is 5.60 Å². The number of rotatable bonds is 2. The van der Waals surface area contributed by atoms with Crippen molar-refractivity contribution in [3.63, 3.8) is 0 Å². The molecule has 92 valence electrons. The van der Waals surface area contributed by atoms with Gasteiger partial charge in [-0.25, -0.2) is 0 Å². The lowest BCUT2D eigenvalue weighted by molar-refractivity contribution is -0.153. The van der Waals surface area contributed by atoms with Crippen LogP contribution >= 0.6 is 0 Å². The molecule has 0 amide bonds. The van der Waals surface area contributed by atoms with E-state index >= 15 is 0 Å². The summed E-state index contributed by atoms with van der Waals surface area (Å²) in [6.07, 6.45) is 0.289. The summed E-state index contributed by atoms with van der Waals surface area (Å²) in [4.78, 5) is 11.5. The molecule has 0 fully saturated rings. The maximum absolute atomic E-state index is 11.5. The van der Waals surface area contributed by atoms with Crippen LogP contribution in [-0.4, -0.2) is 19.4 Å². The Kier molecular flexibility index (Phi) is 6.63. The van der Waals surface area contributed by atoms with E-state index in [1.54, 1.807) is 12.1 Å². The molecule has 1 aromatic rings. The van der Waals surface area contributed by atoms with E-state index in [2.05, 4.69) is 0 Å². The van der Waals surface area contributed by atoms with Crippen molar-refractivity contribution in [2.45, 2.75) is 46.6 Å². The van der Waals surface area contributed by atoms with Crippen molar-refractivity contribution in [2.24, 2.45) is 0 Å². The molecule has 2 radical (unpaired) electrons. The first-order valence-electron chi connectivity index (χ1n) is 5.93. The van der Waals surface area contributed by atoms with Crippen molar-refractivity contribution >= 4 is 19.3 Å². The average Bonchev–Trinajstić information content (AvgIpc) is 2.22. The second-order valence-corrected chi connectivity index (χ2v) is 4.50. The van der Waals surface area contributed by atoms with Crippen LogP contribution < -0.4 is 5.46 Å². The van der Waals surface area contributed by atoms with Crippen LogP contribution in [0.5, 0.6) is 0 Å². The van der Waals surface area contributed by atoms with Gasteiger partial charge in [-0.1, -0.05) is 43.6 Å². The minimum absolute atomic E-state index is 0.215. The zero-order valence-corrected chi connectivity index (χ0v) is 11.4. The maximum atomic E-state index is 11.5. The molecule has 0 saturated carbocycles. The van der Waals surface area contributed by atoms with Crippen LogP contribution in [0.25, 0.3) is 0 Å². The molecule has 0 bridgehead atoms. The molecule has 0 saturated heterocycles. The van der Waals surface area contributed by atoms with E-state index in [1.807, 2.05) is 46.8 Å². The minimum atomic E-state index is -0.426. The van der Waals surface area contributed by atoms with Gasteiger partial charge in [-0.15, -0.1) is 0 Å². The first-order chi connectivity index (χ1) is 7.87. The molecule has 0 unspecified atom stereocenters. The van der Waals surface area contributed by atoms with Crippen molar-refractivity contribution < 1.29 is 9.53 Å². The largest absolute Gasteiger partial charge is 0.460 e. The van der Waals surface area contributed by atoms with Crippen molar-refractivity contribution in [3.05, 3.63) is 29.8 Å². The molecule has 1 rings (SSSR count). The van der Waals surface area contributed by atoms with E-state index in [-0.39, 0.29) is 12.4 Å². The molecular formula is C14H21BO2. The lowest BCUT2D eigenvalue weighted by atomic mass is 9.95. The number of ether oxygens (including phenoxy) is 1. The van der Waals surface area contributed by atoms with Gasteiger partial charge in [-0.3, -0.25) is 4.79 Å². The topological polar surface area (TPSA) is 26.3 Å². The first-order valence-corrected chi connectivity index (χ1v) is 5.93. The Morgan fingerprint density at radius 2 is 1.65 bits per heavy atom. The maximum Gasteiger partial charge on any atom is 0.310 e. The standard InChI is InChI=1S/C12H15BO2.C2H6/c1-12(2,3)15-11(14)8-9-4-6-10(13)7-5-9;1-2/h4-7H,8H2,1-3H3;1-2H3. The van der Waals surface area contributed by atoms with Crippen LogP contribution in [0.3, 0.4) is 0 Å². The highest BCUT2D eigenvalue weighted by Crippen LogP contribution is 2.09. The summed E-state index contributed by atoms with van der Waals surface area (Å²) in [6, 6.07) is 7.22. The third kappa shape index (κ3) is 7.61. The van der Waals surface area contributed by atoms with E-state index in [0.29, 0.717) is 5.46 Å². The van der Waals surface area contributed by atoms with Crippen LogP contribution in [0.1, 0.15) is 40.2 Å². The van der Waals surface area contributed by atoms with Crippen molar-refractivity contribution in [3.8, 4) is 0 Å². The van der Waals surface area contributed by atoms with Gasteiger partial charge in [-0.05, 0) is 26.3 Å². The van der Waals surface area contributed by atoms with Gasteiger partial charge in [0, 0.05) is 0 Å². The lowest BCUT2D eigenvalue weighted by Crippen LogP contribution is -2.25. The molecule has 0 aliphatic carbocycles. The summed E-state index contributed by atoms with van der Waals surface area (Å²) in [5.74, 6) is -0.215. The second-order valence-electron chi connectivity index (χ2n) is 4.50. The molecule has 0 aliphatic heterocycles. The number of hydrogen-bond donors (Lipinski definition) is 0. The van der Waals surface area contributed by atoms with Crippen molar-refractivity contribution in [1.29, 1.82) is 0 Å². The first kappa shape index (κ1) is 15.8. The Morgan fingerprint density at radius 1 is 1.18 bits per heavy atom. The van der Waals surface area contributed by atoms with Gasteiger partial charge in [0.1, 0.15) is 13.4 Å². The van der Waals surface area contributed by atoms with Gasteiger partial charge in [0.05, 0.1) is 6.42 Å². The number of benzene rings is 1. The van der Waals surface area contributed by atoms with Crippen LogP contribution in [0, 0.1) is 0 Å². The molecule has 1 aromatic carbocycles. The Labute approximate surface area is 106 Å². The molecule has 0 spiro atoms. The fraction of sp³-hybridized carbons (Fsp3) is 0.500. The minimum Gasteiger partial charge on any atom is -0.460 e. The Bertz CT molecular complexity index is 336. The number of esters is 1. The van der Waals surface area contributed by atoms with E-state index in [0.717, 1.165) is 5.56 Å². The molecule has 0 aromatic heterocycles. The third-order valence-electron chi connectivity index (χ3n) is 1.75. The summed E-state index contributed by atoms with van der Waals surface area (Å²) >= 11 is 0. The van der Waals surface area contributed by atoms with Gasteiger partial charge in [-0.2, -0.15) is 0 Å². The Hall–Kier alpha value is -1.25. The summed E-state index contributed by atoms with van der Waals surface area (Å²) in [6.45, 7) is 9.57. The van der Waals surface area contributed by atoms with Gasteiger partial charge >= 0.3 is 5.97 Å². The van der Waals surface area contributed by atoms with E-state index in [9.17, 15) is 4.79 Å².